The van der Waals surface area contributed by atoms with Gasteiger partial charge in [0.15, 0.2) is 0 Å². The summed E-state index contributed by atoms with van der Waals surface area (Å²) in [4.78, 5) is 0. The maximum Gasteiger partial charge on any atom is 0.133 e. The highest BCUT2D eigenvalue weighted by molar-refractivity contribution is 5.54. The Hall–Kier alpha value is -1.98. The summed E-state index contributed by atoms with van der Waals surface area (Å²) >= 11 is 0. The lowest BCUT2D eigenvalue weighted by Crippen LogP contribution is -2.07. The van der Waals surface area contributed by atoms with E-state index >= 15 is 0 Å². The Morgan fingerprint density at radius 2 is 2.06 bits per heavy atom. The molecule has 0 saturated heterocycles. The van der Waals surface area contributed by atoms with E-state index in [-0.39, 0.29) is 12.4 Å². The highest BCUT2D eigenvalue weighted by atomic mass is 16.3. The summed E-state index contributed by atoms with van der Waals surface area (Å²) in [5.74, 6) is 0.158. The predicted octanol–water partition coefficient (Wildman–Crippen LogP) is 0.791. The third-order valence-corrected chi connectivity index (χ3v) is 2.58. The second-order valence-electron chi connectivity index (χ2n) is 3.79. The zero-order chi connectivity index (χ0) is 12.4. The highest BCUT2D eigenvalue weighted by Gasteiger charge is 2.11. The van der Waals surface area contributed by atoms with Crippen LogP contribution >= 0.6 is 0 Å². The zero-order valence-corrected chi connectivity index (χ0v) is 9.11. The standard InChI is InChI=1S/C12H14N2O3/c13-11-2-1-8(5-10(11)12(17)7-15)14-4-3-9(16)6-14/h1-6,12,15-17H,7,13H2. The van der Waals surface area contributed by atoms with E-state index in [2.05, 4.69) is 0 Å². The van der Waals surface area contributed by atoms with Gasteiger partial charge in [0.25, 0.3) is 0 Å². The molecule has 0 aliphatic heterocycles. The number of anilines is 1. The number of rotatable bonds is 3. The minimum absolute atomic E-state index is 0.158. The minimum atomic E-state index is -1.00. The topological polar surface area (TPSA) is 91.6 Å². The van der Waals surface area contributed by atoms with Crippen LogP contribution in [0.2, 0.25) is 0 Å². The van der Waals surface area contributed by atoms with Crippen LogP contribution in [0, 0.1) is 0 Å². The molecule has 1 unspecified atom stereocenters. The van der Waals surface area contributed by atoms with Crippen LogP contribution < -0.4 is 5.73 Å². The molecule has 5 heteroatoms. The van der Waals surface area contributed by atoms with E-state index < -0.39 is 6.10 Å². The van der Waals surface area contributed by atoms with Gasteiger partial charge in [-0.05, 0) is 24.3 Å². The Morgan fingerprint density at radius 3 is 2.65 bits per heavy atom. The summed E-state index contributed by atoms with van der Waals surface area (Å²) in [7, 11) is 0. The largest absolute Gasteiger partial charge is 0.506 e. The van der Waals surface area contributed by atoms with Crippen molar-refractivity contribution in [2.24, 2.45) is 0 Å². The number of benzene rings is 1. The number of aromatic nitrogens is 1. The van der Waals surface area contributed by atoms with Gasteiger partial charge in [-0.3, -0.25) is 0 Å². The van der Waals surface area contributed by atoms with Crippen molar-refractivity contribution < 1.29 is 15.3 Å². The van der Waals surface area contributed by atoms with Gasteiger partial charge in [0.2, 0.25) is 0 Å². The fourth-order valence-corrected chi connectivity index (χ4v) is 1.66. The van der Waals surface area contributed by atoms with Crippen molar-refractivity contribution in [3.8, 4) is 11.4 Å². The molecule has 90 valence electrons. The van der Waals surface area contributed by atoms with E-state index in [1.54, 1.807) is 41.2 Å². The molecular formula is C12H14N2O3. The Bertz CT molecular complexity index is 522. The van der Waals surface area contributed by atoms with E-state index in [0.29, 0.717) is 11.3 Å². The van der Waals surface area contributed by atoms with Gasteiger partial charge in [-0.15, -0.1) is 0 Å². The van der Waals surface area contributed by atoms with Crippen molar-refractivity contribution in [2.45, 2.75) is 6.10 Å². The maximum atomic E-state index is 9.60. The second kappa shape index (κ2) is 4.48. The molecule has 0 amide bonds. The summed E-state index contributed by atoms with van der Waals surface area (Å²) < 4.78 is 1.70. The van der Waals surface area contributed by atoms with Crippen molar-refractivity contribution in [1.29, 1.82) is 0 Å². The molecule has 0 saturated carbocycles. The molecule has 0 fully saturated rings. The number of hydrogen-bond donors (Lipinski definition) is 4. The van der Waals surface area contributed by atoms with Crippen LogP contribution in [0.5, 0.6) is 5.75 Å². The molecule has 0 aliphatic carbocycles. The highest BCUT2D eigenvalue weighted by Crippen LogP contribution is 2.24. The fourth-order valence-electron chi connectivity index (χ4n) is 1.66. The Labute approximate surface area is 98.4 Å². The Morgan fingerprint density at radius 1 is 1.29 bits per heavy atom. The Balaban J connectivity index is 2.43. The van der Waals surface area contributed by atoms with Crippen molar-refractivity contribution in [3.05, 3.63) is 42.2 Å². The van der Waals surface area contributed by atoms with Crippen LogP contribution in [0.25, 0.3) is 5.69 Å². The molecule has 5 nitrogen and oxygen atoms in total. The van der Waals surface area contributed by atoms with Crippen molar-refractivity contribution in [3.63, 3.8) is 0 Å². The van der Waals surface area contributed by atoms with Gasteiger partial charge in [-0.2, -0.15) is 0 Å². The summed E-state index contributed by atoms with van der Waals surface area (Å²) in [6.45, 7) is -0.384. The number of aliphatic hydroxyl groups is 2. The van der Waals surface area contributed by atoms with Crippen LogP contribution in [-0.4, -0.2) is 26.5 Å². The van der Waals surface area contributed by atoms with Crippen LogP contribution in [0.4, 0.5) is 5.69 Å². The lowest BCUT2D eigenvalue weighted by Gasteiger charge is -2.13. The number of nitrogens with zero attached hydrogens (tertiary/aromatic N) is 1. The summed E-state index contributed by atoms with van der Waals surface area (Å²) in [5.41, 5.74) is 7.36. The van der Waals surface area contributed by atoms with Gasteiger partial charge in [0.05, 0.1) is 12.8 Å². The van der Waals surface area contributed by atoms with E-state index in [1.807, 2.05) is 0 Å². The molecule has 17 heavy (non-hydrogen) atoms. The maximum absolute atomic E-state index is 9.60. The zero-order valence-electron chi connectivity index (χ0n) is 9.11. The predicted molar refractivity (Wildman–Crippen MR) is 63.9 cm³/mol. The molecule has 0 spiro atoms. The van der Waals surface area contributed by atoms with E-state index in [1.165, 1.54) is 0 Å². The van der Waals surface area contributed by atoms with Crippen molar-refractivity contribution in [2.75, 3.05) is 12.3 Å². The van der Waals surface area contributed by atoms with Gasteiger partial charge in [-0.1, -0.05) is 0 Å². The first kappa shape index (κ1) is 11.5. The molecule has 0 aliphatic rings. The number of aliphatic hydroxyl groups excluding tert-OH is 2. The second-order valence-corrected chi connectivity index (χ2v) is 3.79. The van der Waals surface area contributed by atoms with E-state index in [4.69, 9.17) is 10.8 Å². The van der Waals surface area contributed by atoms with Gasteiger partial charge < -0.3 is 25.6 Å². The van der Waals surface area contributed by atoms with Gasteiger partial charge in [-0.25, -0.2) is 0 Å². The first-order valence-electron chi connectivity index (χ1n) is 5.17. The average Bonchev–Trinajstić information content (AvgIpc) is 2.75. The third-order valence-electron chi connectivity index (χ3n) is 2.58. The monoisotopic (exact) mass is 234 g/mol. The van der Waals surface area contributed by atoms with Crippen LogP contribution in [0.15, 0.2) is 36.7 Å². The third kappa shape index (κ3) is 2.25. The minimum Gasteiger partial charge on any atom is -0.506 e. The van der Waals surface area contributed by atoms with Gasteiger partial charge in [0.1, 0.15) is 11.9 Å². The molecule has 0 bridgehead atoms. The summed E-state index contributed by atoms with van der Waals surface area (Å²) in [6.07, 6.45) is 2.23. The van der Waals surface area contributed by atoms with E-state index in [9.17, 15) is 10.2 Å². The molecule has 1 aromatic heterocycles. The fraction of sp³-hybridized carbons (Fsp3) is 0.167. The lowest BCUT2D eigenvalue weighted by molar-refractivity contribution is 0.0961. The van der Waals surface area contributed by atoms with Crippen molar-refractivity contribution >= 4 is 5.69 Å². The first-order chi connectivity index (χ1) is 8.11. The Kier molecular flexibility index (Phi) is 3.03. The van der Waals surface area contributed by atoms with Crippen LogP contribution in [0.1, 0.15) is 11.7 Å². The molecule has 1 aromatic carbocycles. The quantitative estimate of drug-likeness (QED) is 0.591. The first-order valence-corrected chi connectivity index (χ1v) is 5.17. The average molecular weight is 234 g/mol. The summed E-state index contributed by atoms with van der Waals surface area (Å²) in [6, 6.07) is 6.65. The number of nitrogen functional groups attached to an aromatic ring is 1. The lowest BCUT2D eigenvalue weighted by atomic mass is 10.1. The number of aromatic hydroxyl groups is 1. The molecular weight excluding hydrogens is 220 g/mol. The normalized spacial score (nSPS) is 12.6. The number of hydrogen-bond acceptors (Lipinski definition) is 4. The molecule has 2 rings (SSSR count). The van der Waals surface area contributed by atoms with Crippen LogP contribution in [-0.2, 0) is 0 Å². The smallest absolute Gasteiger partial charge is 0.133 e. The van der Waals surface area contributed by atoms with Crippen molar-refractivity contribution in [1.82, 2.24) is 4.57 Å². The molecule has 1 atom stereocenters. The van der Waals surface area contributed by atoms with Gasteiger partial charge >= 0.3 is 0 Å². The summed E-state index contributed by atoms with van der Waals surface area (Å²) in [5, 5.41) is 27.8. The van der Waals surface area contributed by atoms with E-state index in [0.717, 1.165) is 5.69 Å². The number of nitrogens with two attached hydrogens (primary N) is 1. The molecule has 0 radical (unpaired) electrons. The SMILES string of the molecule is Nc1ccc(-n2ccc(O)c2)cc1C(O)CO. The molecule has 1 heterocycles. The molecule has 2 aromatic rings. The van der Waals surface area contributed by atoms with Gasteiger partial charge in [0, 0.05) is 23.1 Å². The van der Waals surface area contributed by atoms with Crippen LogP contribution in [0.3, 0.4) is 0 Å². The molecule has 5 N–H and O–H groups in total.